The smallest absolute Gasteiger partial charge is 0.317 e. The molecule has 2 aromatic heterocycles. The molecule has 0 fully saturated rings. The minimum Gasteiger partial charge on any atom is -0.468 e. The maximum atomic E-state index is 11.7. The Hall–Kier alpha value is -1.62. The second-order valence-corrected chi connectivity index (χ2v) is 5.02. The molecule has 0 radical (unpaired) electrons. The molecule has 0 aliphatic heterocycles. The predicted octanol–water partition coefficient (Wildman–Crippen LogP) is 2.14. The summed E-state index contributed by atoms with van der Waals surface area (Å²) in [6.07, 6.45) is 1.69. The molecular formula is C12H14ClN3O2. The standard InChI is InChI=1S/C12H14ClN3O2/c1-7-5-9-14-8(6-16(9)15-10(7)13)12(2,3)11(17)18-4/h5-6H,1-4H3. The molecule has 96 valence electrons. The van der Waals surface area contributed by atoms with Crippen LogP contribution in [0.3, 0.4) is 0 Å². The minimum absolute atomic E-state index is 0.339. The largest absolute Gasteiger partial charge is 0.468 e. The van der Waals surface area contributed by atoms with Crippen LogP contribution in [-0.2, 0) is 14.9 Å². The zero-order valence-corrected chi connectivity index (χ0v) is 11.4. The summed E-state index contributed by atoms with van der Waals surface area (Å²) in [5, 5.41) is 4.58. The van der Waals surface area contributed by atoms with Crippen LogP contribution in [0.25, 0.3) is 5.65 Å². The quantitative estimate of drug-likeness (QED) is 0.783. The van der Waals surface area contributed by atoms with E-state index >= 15 is 0 Å². The van der Waals surface area contributed by atoms with Crippen LogP contribution in [0.15, 0.2) is 12.3 Å². The average molecular weight is 268 g/mol. The number of methoxy groups -OCH3 is 1. The molecule has 0 aromatic carbocycles. The van der Waals surface area contributed by atoms with Gasteiger partial charge in [0.25, 0.3) is 0 Å². The van der Waals surface area contributed by atoms with E-state index in [1.54, 1.807) is 24.6 Å². The molecule has 18 heavy (non-hydrogen) atoms. The van der Waals surface area contributed by atoms with Crippen molar-refractivity contribution in [1.29, 1.82) is 0 Å². The summed E-state index contributed by atoms with van der Waals surface area (Å²) in [6.45, 7) is 5.37. The molecule has 0 aliphatic rings. The Morgan fingerprint density at radius 1 is 1.50 bits per heavy atom. The van der Waals surface area contributed by atoms with Crippen molar-refractivity contribution in [2.45, 2.75) is 26.2 Å². The third kappa shape index (κ3) is 1.95. The molecule has 0 saturated carbocycles. The summed E-state index contributed by atoms with van der Waals surface area (Å²) in [6, 6.07) is 1.83. The van der Waals surface area contributed by atoms with Crippen LogP contribution in [0.1, 0.15) is 25.1 Å². The number of halogens is 1. The molecule has 0 saturated heterocycles. The van der Waals surface area contributed by atoms with Crippen molar-refractivity contribution in [2.75, 3.05) is 7.11 Å². The maximum absolute atomic E-state index is 11.7. The SMILES string of the molecule is COC(=O)C(C)(C)c1cn2nc(Cl)c(C)cc2n1. The first-order chi connectivity index (χ1) is 8.36. The van der Waals surface area contributed by atoms with Crippen LogP contribution >= 0.6 is 11.6 Å². The van der Waals surface area contributed by atoms with E-state index in [1.807, 2.05) is 13.0 Å². The second-order valence-electron chi connectivity index (χ2n) is 4.66. The van der Waals surface area contributed by atoms with Gasteiger partial charge in [-0.15, -0.1) is 0 Å². The molecule has 0 unspecified atom stereocenters. The Morgan fingerprint density at radius 2 is 2.17 bits per heavy atom. The summed E-state index contributed by atoms with van der Waals surface area (Å²) < 4.78 is 6.34. The highest BCUT2D eigenvalue weighted by Crippen LogP contribution is 2.24. The van der Waals surface area contributed by atoms with Crippen LogP contribution in [0.2, 0.25) is 5.15 Å². The van der Waals surface area contributed by atoms with Gasteiger partial charge in [-0.1, -0.05) is 11.6 Å². The van der Waals surface area contributed by atoms with Crippen molar-refractivity contribution in [3.63, 3.8) is 0 Å². The predicted molar refractivity (Wildman–Crippen MR) is 67.8 cm³/mol. The van der Waals surface area contributed by atoms with E-state index in [9.17, 15) is 4.79 Å². The summed E-state index contributed by atoms with van der Waals surface area (Å²) in [7, 11) is 1.36. The lowest BCUT2D eigenvalue weighted by molar-refractivity contribution is -0.146. The number of fused-ring (bicyclic) bond motifs is 1. The van der Waals surface area contributed by atoms with Crippen LogP contribution in [0, 0.1) is 6.92 Å². The summed E-state index contributed by atoms with van der Waals surface area (Å²) in [5.74, 6) is -0.339. The summed E-state index contributed by atoms with van der Waals surface area (Å²) in [5.41, 5.74) is 1.28. The minimum atomic E-state index is -0.817. The lowest BCUT2D eigenvalue weighted by atomic mass is 9.90. The Morgan fingerprint density at radius 3 is 2.78 bits per heavy atom. The van der Waals surface area contributed by atoms with Crippen molar-refractivity contribution in [3.8, 4) is 0 Å². The maximum Gasteiger partial charge on any atom is 0.317 e. The Labute approximate surface area is 110 Å². The zero-order chi connectivity index (χ0) is 13.5. The number of aryl methyl sites for hydroxylation is 1. The van der Waals surface area contributed by atoms with Crippen molar-refractivity contribution < 1.29 is 9.53 Å². The number of esters is 1. The Kier molecular flexibility index (Phi) is 3.02. The van der Waals surface area contributed by atoms with Gasteiger partial charge < -0.3 is 4.74 Å². The number of aromatic nitrogens is 3. The fourth-order valence-electron chi connectivity index (χ4n) is 1.65. The van der Waals surface area contributed by atoms with Gasteiger partial charge in [-0.2, -0.15) is 5.10 Å². The number of rotatable bonds is 2. The van der Waals surface area contributed by atoms with E-state index in [4.69, 9.17) is 16.3 Å². The Balaban J connectivity index is 2.57. The molecule has 5 nitrogen and oxygen atoms in total. The van der Waals surface area contributed by atoms with Gasteiger partial charge in [0.15, 0.2) is 10.8 Å². The third-order valence-corrected chi connectivity index (χ3v) is 3.29. The van der Waals surface area contributed by atoms with Gasteiger partial charge >= 0.3 is 5.97 Å². The van der Waals surface area contributed by atoms with Crippen molar-refractivity contribution >= 4 is 23.2 Å². The molecule has 2 rings (SSSR count). The highest BCUT2D eigenvalue weighted by atomic mass is 35.5. The molecule has 0 atom stereocenters. The van der Waals surface area contributed by atoms with Gasteiger partial charge in [0.1, 0.15) is 5.41 Å². The van der Waals surface area contributed by atoms with Gasteiger partial charge in [0.2, 0.25) is 0 Å². The molecular weight excluding hydrogens is 254 g/mol. The number of carbonyl (C=O) groups excluding carboxylic acids is 1. The monoisotopic (exact) mass is 267 g/mol. The molecule has 0 spiro atoms. The molecule has 0 bridgehead atoms. The first-order valence-corrected chi connectivity index (χ1v) is 5.85. The number of ether oxygens (including phenoxy) is 1. The van der Waals surface area contributed by atoms with Gasteiger partial charge in [-0.05, 0) is 32.4 Å². The van der Waals surface area contributed by atoms with Crippen LogP contribution in [0.4, 0.5) is 0 Å². The highest BCUT2D eigenvalue weighted by Gasteiger charge is 2.33. The van der Waals surface area contributed by atoms with E-state index in [0.29, 0.717) is 16.5 Å². The molecule has 0 aliphatic carbocycles. The molecule has 0 N–H and O–H groups in total. The van der Waals surface area contributed by atoms with Crippen LogP contribution in [0.5, 0.6) is 0 Å². The highest BCUT2D eigenvalue weighted by molar-refractivity contribution is 6.30. The number of carbonyl (C=O) groups is 1. The normalized spacial score (nSPS) is 11.8. The first-order valence-electron chi connectivity index (χ1n) is 5.47. The summed E-state index contributed by atoms with van der Waals surface area (Å²) >= 11 is 5.95. The van der Waals surface area contributed by atoms with Gasteiger partial charge in [0.05, 0.1) is 19.0 Å². The van der Waals surface area contributed by atoms with Crippen LogP contribution in [-0.4, -0.2) is 27.7 Å². The number of hydrogen-bond donors (Lipinski definition) is 0. The van der Waals surface area contributed by atoms with Gasteiger partial charge in [-0.3, -0.25) is 4.79 Å². The van der Waals surface area contributed by atoms with E-state index in [0.717, 1.165) is 5.56 Å². The molecule has 0 amide bonds. The molecule has 6 heteroatoms. The van der Waals surface area contributed by atoms with Crippen molar-refractivity contribution in [1.82, 2.24) is 14.6 Å². The van der Waals surface area contributed by atoms with E-state index in [-0.39, 0.29) is 5.97 Å². The average Bonchev–Trinajstić information content (AvgIpc) is 2.72. The van der Waals surface area contributed by atoms with Crippen molar-refractivity contribution in [2.24, 2.45) is 0 Å². The zero-order valence-electron chi connectivity index (χ0n) is 10.7. The second kappa shape index (κ2) is 4.24. The van der Waals surface area contributed by atoms with E-state index < -0.39 is 5.41 Å². The van der Waals surface area contributed by atoms with E-state index in [1.165, 1.54) is 7.11 Å². The fourth-order valence-corrected chi connectivity index (χ4v) is 1.79. The molecule has 2 heterocycles. The van der Waals surface area contributed by atoms with Crippen molar-refractivity contribution in [3.05, 3.63) is 28.7 Å². The molecule has 2 aromatic rings. The fraction of sp³-hybridized carbons (Fsp3) is 0.417. The lowest BCUT2D eigenvalue weighted by Gasteiger charge is -2.18. The number of hydrogen-bond acceptors (Lipinski definition) is 4. The number of imidazole rings is 1. The lowest BCUT2D eigenvalue weighted by Crippen LogP contribution is -2.30. The van der Waals surface area contributed by atoms with Gasteiger partial charge in [-0.25, -0.2) is 9.50 Å². The van der Waals surface area contributed by atoms with E-state index in [2.05, 4.69) is 10.1 Å². The number of nitrogens with zero attached hydrogens (tertiary/aromatic N) is 3. The summed E-state index contributed by atoms with van der Waals surface area (Å²) in [4.78, 5) is 16.1. The van der Waals surface area contributed by atoms with Gasteiger partial charge in [0, 0.05) is 0 Å². The third-order valence-electron chi connectivity index (χ3n) is 2.92. The Bertz CT molecular complexity index is 580. The topological polar surface area (TPSA) is 56.5 Å². The van der Waals surface area contributed by atoms with Crippen LogP contribution < -0.4 is 0 Å². The first kappa shape index (κ1) is 12.8.